The standard InChI is InChI=1S/C20H30N4O13S/c21-7(20(35)36)1-2-11(26)23-8(17(33)22-4-13(28)29)6-38-10-3-12(27)24(18(10)34)19-16(32)15(31)14(30)9(5-25)37-19/h7-10,14-16,19,25,30-32H,1-6,21H2,(H,22,33)(H,23,26)(H,28,29)(H,35,36)/t7-,8-,9+,10?,14-,15-,16+,19+/m0/s1. The summed E-state index contributed by atoms with van der Waals surface area (Å²) in [5.74, 6) is -6.38. The molecule has 2 saturated heterocycles. The first-order chi connectivity index (χ1) is 17.8. The SMILES string of the molecule is N[C@@H](CCC(=O)N[C@@H](CSC1CC(=O)N([C@@H]2O[C@H](CO)[C@H](O)[C@H](O)[C@H]2O)C1=O)C(=O)NCC(=O)O)C(=O)O. The highest BCUT2D eigenvalue weighted by Crippen LogP contribution is 2.32. The van der Waals surface area contributed by atoms with Crippen molar-refractivity contribution in [2.75, 3.05) is 18.9 Å². The molecule has 10 N–H and O–H groups in total. The van der Waals surface area contributed by atoms with Crippen molar-refractivity contribution in [3.8, 4) is 0 Å². The Morgan fingerprint density at radius 3 is 2.34 bits per heavy atom. The van der Waals surface area contributed by atoms with Crippen molar-refractivity contribution >= 4 is 47.3 Å². The molecule has 0 radical (unpaired) electrons. The zero-order valence-corrected chi connectivity index (χ0v) is 20.7. The van der Waals surface area contributed by atoms with E-state index >= 15 is 0 Å². The van der Waals surface area contributed by atoms with Gasteiger partial charge in [0.25, 0.3) is 0 Å². The Hall–Kier alpha value is -2.87. The minimum atomic E-state index is -1.88. The second-order valence-electron chi connectivity index (χ2n) is 8.56. The van der Waals surface area contributed by atoms with Gasteiger partial charge in [0.2, 0.25) is 23.6 Å². The van der Waals surface area contributed by atoms with Crippen LogP contribution in [0.1, 0.15) is 19.3 Å². The lowest BCUT2D eigenvalue weighted by molar-refractivity contribution is -0.258. The lowest BCUT2D eigenvalue weighted by Gasteiger charge is -2.42. The lowest BCUT2D eigenvalue weighted by Crippen LogP contribution is -2.64. The molecule has 2 aliphatic heterocycles. The van der Waals surface area contributed by atoms with Crippen LogP contribution in [0.5, 0.6) is 0 Å². The second kappa shape index (κ2) is 13.8. The number of carbonyl (C=O) groups is 6. The molecule has 214 valence electrons. The first kappa shape index (κ1) is 31.3. The third-order valence-electron chi connectivity index (χ3n) is 5.79. The van der Waals surface area contributed by atoms with Gasteiger partial charge in [-0.2, -0.15) is 0 Å². The van der Waals surface area contributed by atoms with Gasteiger partial charge in [-0.1, -0.05) is 0 Å². The number of aliphatic carboxylic acids is 2. The fourth-order valence-corrected chi connectivity index (χ4v) is 4.85. The van der Waals surface area contributed by atoms with E-state index in [2.05, 4.69) is 10.6 Å². The minimum absolute atomic E-state index is 0.249. The van der Waals surface area contributed by atoms with E-state index in [0.717, 1.165) is 11.8 Å². The quantitative estimate of drug-likeness (QED) is 0.0940. The zero-order chi connectivity index (χ0) is 28.7. The van der Waals surface area contributed by atoms with Gasteiger partial charge in [0.05, 0.1) is 11.9 Å². The van der Waals surface area contributed by atoms with E-state index in [4.69, 9.17) is 20.7 Å². The first-order valence-electron chi connectivity index (χ1n) is 11.3. The van der Waals surface area contributed by atoms with E-state index in [0.29, 0.717) is 4.90 Å². The molecule has 0 spiro atoms. The number of carboxylic acid groups (broad SMARTS) is 2. The third-order valence-corrected chi connectivity index (χ3v) is 7.09. The number of aliphatic hydroxyl groups excluding tert-OH is 4. The average Bonchev–Trinajstić information content (AvgIpc) is 3.14. The summed E-state index contributed by atoms with van der Waals surface area (Å²) < 4.78 is 5.27. The summed E-state index contributed by atoms with van der Waals surface area (Å²) in [6, 6.07) is -2.71. The molecular formula is C20H30N4O13S. The number of aliphatic hydroxyl groups is 4. The Bertz CT molecular complexity index is 935. The van der Waals surface area contributed by atoms with Gasteiger partial charge in [-0.05, 0) is 6.42 Å². The number of imide groups is 1. The number of amides is 4. The second-order valence-corrected chi connectivity index (χ2v) is 9.80. The van der Waals surface area contributed by atoms with Crippen LogP contribution in [0.4, 0.5) is 0 Å². The highest BCUT2D eigenvalue weighted by atomic mass is 32.2. The van der Waals surface area contributed by atoms with Gasteiger partial charge in [-0.15, -0.1) is 11.8 Å². The molecule has 0 aromatic rings. The van der Waals surface area contributed by atoms with E-state index in [1.54, 1.807) is 0 Å². The van der Waals surface area contributed by atoms with Crippen LogP contribution in [0, 0.1) is 0 Å². The Morgan fingerprint density at radius 1 is 1.11 bits per heavy atom. The molecule has 0 saturated carbocycles. The predicted octanol–water partition coefficient (Wildman–Crippen LogP) is -5.48. The van der Waals surface area contributed by atoms with E-state index in [1.165, 1.54) is 0 Å². The van der Waals surface area contributed by atoms with Crippen LogP contribution in [0.15, 0.2) is 0 Å². The summed E-state index contributed by atoms with van der Waals surface area (Å²) in [5.41, 5.74) is 5.35. The molecule has 18 heteroatoms. The molecular weight excluding hydrogens is 536 g/mol. The Kier molecular flexibility index (Phi) is 11.4. The Morgan fingerprint density at radius 2 is 1.76 bits per heavy atom. The summed E-state index contributed by atoms with van der Waals surface area (Å²) in [4.78, 5) is 72.4. The summed E-state index contributed by atoms with van der Waals surface area (Å²) in [6.07, 6.45) is -9.51. The monoisotopic (exact) mass is 566 g/mol. The number of carbonyl (C=O) groups excluding carboxylic acids is 4. The molecule has 38 heavy (non-hydrogen) atoms. The molecule has 2 aliphatic rings. The van der Waals surface area contributed by atoms with Crippen LogP contribution in [0.3, 0.4) is 0 Å². The fourth-order valence-electron chi connectivity index (χ4n) is 3.67. The topological polar surface area (TPSA) is 286 Å². The molecule has 17 nitrogen and oxygen atoms in total. The van der Waals surface area contributed by atoms with Crippen LogP contribution in [-0.2, 0) is 33.5 Å². The molecule has 4 amide bonds. The summed E-state index contributed by atoms with van der Waals surface area (Å²) in [7, 11) is 0. The molecule has 2 heterocycles. The van der Waals surface area contributed by atoms with E-state index in [9.17, 15) is 49.2 Å². The van der Waals surface area contributed by atoms with Gasteiger partial charge in [-0.25, -0.2) is 0 Å². The number of nitrogens with one attached hydrogen (secondary N) is 2. The van der Waals surface area contributed by atoms with Crippen LogP contribution in [0.2, 0.25) is 0 Å². The number of thioether (sulfide) groups is 1. The zero-order valence-electron chi connectivity index (χ0n) is 19.8. The normalized spacial score (nSPS) is 29.0. The molecule has 0 aromatic heterocycles. The Balaban J connectivity index is 2.08. The fraction of sp³-hybridized carbons (Fsp3) is 0.700. The number of likely N-dealkylation sites (tertiary alicyclic amines) is 1. The summed E-state index contributed by atoms with van der Waals surface area (Å²) in [6.45, 7) is -1.55. The molecule has 0 bridgehead atoms. The molecule has 2 fully saturated rings. The maximum Gasteiger partial charge on any atom is 0.322 e. The number of rotatable bonds is 13. The maximum absolute atomic E-state index is 13.0. The van der Waals surface area contributed by atoms with Gasteiger partial charge in [0, 0.05) is 18.6 Å². The number of nitrogens with two attached hydrogens (primary N) is 1. The number of carboxylic acids is 2. The Labute approximate surface area is 219 Å². The van der Waals surface area contributed by atoms with Crippen molar-refractivity contribution in [2.24, 2.45) is 5.73 Å². The lowest BCUT2D eigenvalue weighted by atomic mass is 9.98. The van der Waals surface area contributed by atoms with Gasteiger partial charge in [0.15, 0.2) is 6.23 Å². The number of ether oxygens (including phenoxy) is 1. The van der Waals surface area contributed by atoms with Crippen LogP contribution < -0.4 is 16.4 Å². The van der Waals surface area contributed by atoms with Gasteiger partial charge >= 0.3 is 11.9 Å². The number of nitrogens with zero attached hydrogens (tertiary/aromatic N) is 1. The molecule has 8 atom stereocenters. The van der Waals surface area contributed by atoms with Crippen LogP contribution >= 0.6 is 11.8 Å². The maximum atomic E-state index is 13.0. The smallest absolute Gasteiger partial charge is 0.322 e. The predicted molar refractivity (Wildman–Crippen MR) is 124 cm³/mol. The summed E-state index contributed by atoms with van der Waals surface area (Å²) in [5, 5.41) is 60.4. The van der Waals surface area contributed by atoms with Gasteiger partial charge in [-0.3, -0.25) is 33.7 Å². The van der Waals surface area contributed by atoms with Crippen molar-refractivity contribution in [2.45, 2.75) is 67.2 Å². The van der Waals surface area contributed by atoms with Gasteiger partial charge < -0.3 is 51.7 Å². The van der Waals surface area contributed by atoms with Crippen molar-refractivity contribution in [1.82, 2.24) is 15.5 Å². The van der Waals surface area contributed by atoms with E-state index < -0.39 is 103 Å². The molecule has 0 aromatic carbocycles. The average molecular weight is 567 g/mol. The molecule has 0 aliphatic carbocycles. The van der Waals surface area contributed by atoms with Crippen molar-refractivity contribution < 1.29 is 64.1 Å². The molecule has 2 rings (SSSR count). The van der Waals surface area contributed by atoms with Gasteiger partial charge in [0.1, 0.15) is 43.0 Å². The largest absolute Gasteiger partial charge is 0.480 e. The van der Waals surface area contributed by atoms with Crippen molar-refractivity contribution in [3.05, 3.63) is 0 Å². The third kappa shape index (κ3) is 7.82. The van der Waals surface area contributed by atoms with E-state index in [-0.39, 0.29) is 18.6 Å². The van der Waals surface area contributed by atoms with Crippen molar-refractivity contribution in [1.29, 1.82) is 0 Å². The highest BCUT2D eigenvalue weighted by Gasteiger charge is 2.52. The van der Waals surface area contributed by atoms with Crippen LogP contribution in [-0.4, -0.2) is 138 Å². The minimum Gasteiger partial charge on any atom is -0.480 e. The number of hydrogen-bond donors (Lipinski definition) is 9. The van der Waals surface area contributed by atoms with E-state index in [1.807, 2.05) is 0 Å². The molecule has 1 unspecified atom stereocenters. The summed E-state index contributed by atoms with van der Waals surface area (Å²) >= 11 is 0.762. The van der Waals surface area contributed by atoms with Crippen molar-refractivity contribution in [3.63, 3.8) is 0 Å². The highest BCUT2D eigenvalue weighted by molar-refractivity contribution is 8.00. The first-order valence-corrected chi connectivity index (χ1v) is 12.4. The van der Waals surface area contributed by atoms with Crippen LogP contribution in [0.25, 0.3) is 0 Å². The number of hydrogen-bond acceptors (Lipinski definition) is 13.